The molecule has 0 spiro atoms. The number of nitrogens with one attached hydrogen (secondary N) is 2. The highest BCUT2D eigenvalue weighted by Gasteiger charge is 2.29. The van der Waals surface area contributed by atoms with Gasteiger partial charge in [0.25, 0.3) is 0 Å². The Kier molecular flexibility index (Phi) is 4.85. The maximum Gasteiger partial charge on any atom is 0.315 e. The van der Waals surface area contributed by atoms with E-state index in [0.717, 1.165) is 29.9 Å². The number of urea groups is 1. The van der Waals surface area contributed by atoms with Gasteiger partial charge >= 0.3 is 6.03 Å². The molecule has 1 saturated carbocycles. The summed E-state index contributed by atoms with van der Waals surface area (Å²) >= 11 is 0. The fourth-order valence-electron chi connectivity index (χ4n) is 2.75. The fourth-order valence-corrected chi connectivity index (χ4v) is 2.75. The predicted molar refractivity (Wildman–Crippen MR) is 92.0 cm³/mol. The van der Waals surface area contributed by atoms with Gasteiger partial charge in [-0.3, -0.25) is 0 Å². The third-order valence-corrected chi connectivity index (χ3v) is 4.48. The highest BCUT2D eigenvalue weighted by atomic mass is 16.3. The summed E-state index contributed by atoms with van der Waals surface area (Å²) < 4.78 is 2.01. The van der Waals surface area contributed by atoms with E-state index in [1.807, 2.05) is 48.9 Å². The molecule has 1 aromatic carbocycles. The van der Waals surface area contributed by atoms with Gasteiger partial charge in [-0.25, -0.2) is 9.78 Å². The van der Waals surface area contributed by atoms with Crippen molar-refractivity contribution in [2.24, 2.45) is 5.92 Å². The van der Waals surface area contributed by atoms with Gasteiger partial charge in [-0.05, 0) is 50.3 Å². The van der Waals surface area contributed by atoms with Gasteiger partial charge in [0.05, 0.1) is 12.1 Å². The fraction of sp³-hybridized carbons (Fsp3) is 0.444. The summed E-state index contributed by atoms with van der Waals surface area (Å²) in [5, 5.41) is 15.4. The number of carbonyl (C=O) groups is 1. The molecule has 0 saturated heterocycles. The zero-order valence-electron chi connectivity index (χ0n) is 14.1. The van der Waals surface area contributed by atoms with E-state index >= 15 is 0 Å². The smallest absolute Gasteiger partial charge is 0.315 e. The van der Waals surface area contributed by atoms with Gasteiger partial charge in [0.1, 0.15) is 5.82 Å². The molecule has 3 rings (SSSR count). The Morgan fingerprint density at radius 1 is 1.38 bits per heavy atom. The molecule has 2 atom stereocenters. The second kappa shape index (κ2) is 7.05. The predicted octanol–water partition coefficient (Wildman–Crippen LogP) is 2.31. The lowest BCUT2D eigenvalue weighted by Gasteiger charge is -2.17. The Hall–Kier alpha value is -2.34. The molecule has 6 nitrogen and oxygen atoms in total. The minimum absolute atomic E-state index is 0.110. The Labute approximate surface area is 141 Å². The molecular weight excluding hydrogens is 304 g/mol. The maximum atomic E-state index is 11.9. The summed E-state index contributed by atoms with van der Waals surface area (Å²) in [4.78, 5) is 16.1. The summed E-state index contributed by atoms with van der Waals surface area (Å²) in [7, 11) is 0. The van der Waals surface area contributed by atoms with Gasteiger partial charge in [-0.1, -0.05) is 12.1 Å². The van der Waals surface area contributed by atoms with E-state index in [9.17, 15) is 9.90 Å². The molecule has 2 amide bonds. The molecule has 1 aliphatic carbocycles. The van der Waals surface area contributed by atoms with Crippen molar-refractivity contribution in [3.05, 3.63) is 48.0 Å². The summed E-state index contributed by atoms with van der Waals surface area (Å²) in [5.41, 5.74) is 2.06. The standard InChI is InChI=1S/C18H24N4O2/c1-12(21-18(24)20-11-17(23)15-3-4-15)14-5-7-16(8-6-14)22-10-9-19-13(22)2/h5-10,12,15,17,23H,3-4,11H2,1-2H3,(H2,20,21,24)/t12-,17-/m0/s1. The van der Waals surface area contributed by atoms with Crippen molar-refractivity contribution in [3.63, 3.8) is 0 Å². The van der Waals surface area contributed by atoms with Gasteiger partial charge in [-0.2, -0.15) is 0 Å². The number of hydrogen-bond donors (Lipinski definition) is 3. The van der Waals surface area contributed by atoms with E-state index in [4.69, 9.17) is 0 Å². The third-order valence-electron chi connectivity index (χ3n) is 4.48. The first-order valence-corrected chi connectivity index (χ1v) is 8.37. The lowest BCUT2D eigenvalue weighted by atomic mass is 10.1. The summed E-state index contributed by atoms with van der Waals surface area (Å²) in [6, 6.07) is 7.66. The zero-order chi connectivity index (χ0) is 17.1. The minimum atomic E-state index is -0.427. The molecule has 0 aliphatic heterocycles. The van der Waals surface area contributed by atoms with Gasteiger partial charge < -0.3 is 20.3 Å². The molecule has 24 heavy (non-hydrogen) atoms. The second-order valence-corrected chi connectivity index (χ2v) is 6.42. The van der Waals surface area contributed by atoms with E-state index in [1.165, 1.54) is 0 Å². The average Bonchev–Trinajstić information content (AvgIpc) is 3.34. The van der Waals surface area contributed by atoms with Crippen molar-refractivity contribution in [2.75, 3.05) is 6.54 Å². The van der Waals surface area contributed by atoms with E-state index < -0.39 is 6.10 Å². The van der Waals surface area contributed by atoms with E-state index in [-0.39, 0.29) is 12.1 Å². The van der Waals surface area contributed by atoms with Crippen LogP contribution in [-0.2, 0) is 0 Å². The number of carbonyl (C=O) groups excluding carboxylic acids is 1. The molecule has 0 unspecified atom stereocenters. The molecule has 1 heterocycles. The lowest BCUT2D eigenvalue weighted by molar-refractivity contribution is 0.149. The van der Waals surface area contributed by atoms with Gasteiger partial charge in [-0.15, -0.1) is 0 Å². The van der Waals surface area contributed by atoms with Crippen LogP contribution in [0.4, 0.5) is 4.79 Å². The number of imidazole rings is 1. The van der Waals surface area contributed by atoms with Gasteiger partial charge in [0.15, 0.2) is 0 Å². The van der Waals surface area contributed by atoms with Crippen LogP contribution in [0.3, 0.4) is 0 Å². The Morgan fingerprint density at radius 2 is 2.08 bits per heavy atom. The number of aryl methyl sites for hydroxylation is 1. The summed E-state index contributed by atoms with van der Waals surface area (Å²) in [6.07, 6.45) is 5.38. The number of hydrogen-bond acceptors (Lipinski definition) is 3. The monoisotopic (exact) mass is 328 g/mol. The highest BCUT2D eigenvalue weighted by Crippen LogP contribution is 2.32. The van der Waals surface area contributed by atoms with Crippen LogP contribution >= 0.6 is 0 Å². The summed E-state index contributed by atoms with van der Waals surface area (Å²) in [6.45, 7) is 4.20. The first kappa shape index (κ1) is 16.5. The van der Waals surface area contributed by atoms with Crippen LogP contribution in [0.1, 0.15) is 37.2 Å². The number of amides is 2. The normalized spacial score (nSPS) is 16.5. The Balaban J connectivity index is 1.53. The van der Waals surface area contributed by atoms with E-state index in [0.29, 0.717) is 12.5 Å². The van der Waals surface area contributed by atoms with Crippen LogP contribution < -0.4 is 10.6 Å². The number of benzene rings is 1. The molecule has 0 radical (unpaired) electrons. The molecule has 2 aromatic rings. The SMILES string of the molecule is Cc1nccn1-c1ccc([C@H](C)NC(=O)NC[C@H](O)C2CC2)cc1. The van der Waals surface area contributed by atoms with E-state index in [1.54, 1.807) is 6.20 Å². The van der Waals surface area contributed by atoms with Crippen molar-refractivity contribution < 1.29 is 9.90 Å². The zero-order valence-corrected chi connectivity index (χ0v) is 14.1. The van der Waals surface area contributed by atoms with Crippen molar-refractivity contribution in [2.45, 2.75) is 38.8 Å². The number of aromatic nitrogens is 2. The molecule has 128 valence electrons. The molecule has 1 aliphatic rings. The van der Waals surface area contributed by atoms with Crippen LogP contribution in [0.2, 0.25) is 0 Å². The van der Waals surface area contributed by atoms with Crippen LogP contribution in [0.5, 0.6) is 0 Å². The topological polar surface area (TPSA) is 79.2 Å². The van der Waals surface area contributed by atoms with Crippen molar-refractivity contribution in [1.82, 2.24) is 20.2 Å². The average molecular weight is 328 g/mol. The quantitative estimate of drug-likeness (QED) is 0.761. The van der Waals surface area contributed by atoms with Crippen molar-refractivity contribution >= 4 is 6.03 Å². The number of rotatable bonds is 6. The number of aliphatic hydroxyl groups excluding tert-OH is 1. The van der Waals surface area contributed by atoms with E-state index in [2.05, 4.69) is 15.6 Å². The Morgan fingerprint density at radius 3 is 2.67 bits per heavy atom. The molecule has 6 heteroatoms. The van der Waals surface area contributed by atoms with Crippen LogP contribution in [-0.4, -0.2) is 33.3 Å². The number of aliphatic hydroxyl groups is 1. The number of nitrogens with zero attached hydrogens (tertiary/aromatic N) is 2. The van der Waals surface area contributed by atoms with Crippen LogP contribution in [0.15, 0.2) is 36.7 Å². The van der Waals surface area contributed by atoms with Gasteiger partial charge in [0.2, 0.25) is 0 Å². The first-order valence-electron chi connectivity index (χ1n) is 8.37. The molecule has 0 bridgehead atoms. The molecular formula is C18H24N4O2. The van der Waals surface area contributed by atoms with Crippen molar-refractivity contribution in [1.29, 1.82) is 0 Å². The lowest BCUT2D eigenvalue weighted by Crippen LogP contribution is -2.41. The highest BCUT2D eigenvalue weighted by molar-refractivity contribution is 5.74. The van der Waals surface area contributed by atoms with Crippen LogP contribution in [0.25, 0.3) is 5.69 Å². The minimum Gasteiger partial charge on any atom is -0.391 e. The Bertz CT molecular complexity index is 691. The molecule has 1 aromatic heterocycles. The first-order chi connectivity index (χ1) is 11.5. The second-order valence-electron chi connectivity index (χ2n) is 6.42. The molecule has 3 N–H and O–H groups in total. The summed E-state index contributed by atoms with van der Waals surface area (Å²) in [5.74, 6) is 1.30. The maximum absolute atomic E-state index is 11.9. The third kappa shape index (κ3) is 3.94. The van der Waals surface area contributed by atoms with Crippen LogP contribution in [0, 0.1) is 12.8 Å². The molecule has 1 fully saturated rings. The van der Waals surface area contributed by atoms with Crippen molar-refractivity contribution in [3.8, 4) is 5.69 Å². The van der Waals surface area contributed by atoms with Gasteiger partial charge in [0, 0.05) is 24.6 Å². The largest absolute Gasteiger partial charge is 0.391 e.